The van der Waals surface area contributed by atoms with Gasteiger partial charge in [-0.15, -0.1) is 0 Å². The molecule has 2 aromatic rings. The highest BCUT2D eigenvalue weighted by molar-refractivity contribution is 6.02. The molecule has 2 N–H and O–H groups in total. The Hall–Kier alpha value is -2.82. The maximum atomic E-state index is 11.8. The second kappa shape index (κ2) is 7.09. The van der Waals surface area contributed by atoms with Gasteiger partial charge in [-0.1, -0.05) is 13.0 Å². The fourth-order valence-electron chi connectivity index (χ4n) is 1.65. The molecule has 0 radical (unpaired) electrons. The second-order valence-corrected chi connectivity index (χ2v) is 4.32. The number of furan rings is 1. The number of hydrogen-bond acceptors (Lipinski definition) is 3. The number of rotatable bonds is 5. The third kappa shape index (κ3) is 4.65. The summed E-state index contributed by atoms with van der Waals surface area (Å²) >= 11 is 0. The summed E-state index contributed by atoms with van der Waals surface area (Å²) in [6.07, 6.45) is 4.91. The fourth-order valence-corrected chi connectivity index (χ4v) is 1.65. The molecule has 0 aliphatic rings. The van der Waals surface area contributed by atoms with Crippen LogP contribution in [0.2, 0.25) is 0 Å². The van der Waals surface area contributed by atoms with E-state index >= 15 is 0 Å². The van der Waals surface area contributed by atoms with Crippen molar-refractivity contribution in [1.82, 2.24) is 0 Å². The topological polar surface area (TPSA) is 71.3 Å². The van der Waals surface area contributed by atoms with Crippen molar-refractivity contribution in [2.24, 2.45) is 0 Å². The van der Waals surface area contributed by atoms with Crippen LogP contribution in [0, 0.1) is 0 Å². The van der Waals surface area contributed by atoms with E-state index in [1.165, 1.54) is 12.3 Å². The molecule has 0 saturated heterocycles. The molecule has 0 bridgehead atoms. The van der Waals surface area contributed by atoms with E-state index in [4.69, 9.17) is 4.42 Å². The maximum absolute atomic E-state index is 11.8. The molecular weight excluding hydrogens is 268 g/mol. The molecule has 1 aromatic carbocycles. The molecule has 5 heteroatoms. The average molecular weight is 284 g/mol. The van der Waals surface area contributed by atoms with E-state index < -0.39 is 0 Å². The zero-order chi connectivity index (χ0) is 15.1. The van der Waals surface area contributed by atoms with Crippen LogP contribution in [0.4, 0.5) is 11.4 Å². The third-order valence-corrected chi connectivity index (χ3v) is 2.68. The van der Waals surface area contributed by atoms with Crippen LogP contribution in [0.15, 0.2) is 53.2 Å². The normalized spacial score (nSPS) is 10.5. The van der Waals surface area contributed by atoms with Crippen LogP contribution in [-0.2, 0) is 9.59 Å². The lowest BCUT2D eigenvalue weighted by Crippen LogP contribution is -2.11. The lowest BCUT2D eigenvalue weighted by Gasteiger charge is -2.06. The number of nitrogens with one attached hydrogen (secondary N) is 2. The van der Waals surface area contributed by atoms with Gasteiger partial charge >= 0.3 is 0 Å². The van der Waals surface area contributed by atoms with E-state index in [-0.39, 0.29) is 11.8 Å². The Morgan fingerprint density at radius 2 is 1.90 bits per heavy atom. The van der Waals surface area contributed by atoms with Gasteiger partial charge in [-0.2, -0.15) is 0 Å². The Bertz CT molecular complexity index is 645. The van der Waals surface area contributed by atoms with Gasteiger partial charge in [0, 0.05) is 23.9 Å². The summed E-state index contributed by atoms with van der Waals surface area (Å²) in [6, 6.07) is 10.5. The van der Waals surface area contributed by atoms with Gasteiger partial charge in [0.05, 0.1) is 6.26 Å². The number of amides is 2. The summed E-state index contributed by atoms with van der Waals surface area (Å²) in [6.45, 7) is 1.78. The van der Waals surface area contributed by atoms with Crippen LogP contribution in [0.25, 0.3) is 6.08 Å². The summed E-state index contributed by atoms with van der Waals surface area (Å²) in [5.41, 5.74) is 1.26. The van der Waals surface area contributed by atoms with E-state index in [9.17, 15) is 9.59 Å². The molecule has 0 aliphatic carbocycles. The lowest BCUT2D eigenvalue weighted by atomic mass is 10.2. The van der Waals surface area contributed by atoms with Gasteiger partial charge in [-0.3, -0.25) is 9.59 Å². The number of hydrogen-bond donors (Lipinski definition) is 2. The van der Waals surface area contributed by atoms with Crippen molar-refractivity contribution in [2.75, 3.05) is 10.6 Å². The molecule has 1 heterocycles. The minimum absolute atomic E-state index is 0.0730. The number of carbonyl (C=O) groups is 2. The molecular formula is C16H16N2O3. The van der Waals surface area contributed by atoms with Crippen molar-refractivity contribution >= 4 is 29.3 Å². The van der Waals surface area contributed by atoms with Crippen molar-refractivity contribution in [2.45, 2.75) is 13.3 Å². The van der Waals surface area contributed by atoms with E-state index in [0.29, 0.717) is 23.6 Å². The smallest absolute Gasteiger partial charge is 0.248 e. The molecule has 0 atom stereocenters. The summed E-state index contributed by atoms with van der Waals surface area (Å²) in [5, 5.41) is 5.45. The van der Waals surface area contributed by atoms with Gasteiger partial charge in [0.1, 0.15) is 5.76 Å². The van der Waals surface area contributed by atoms with Crippen LogP contribution in [0.3, 0.4) is 0 Å². The van der Waals surface area contributed by atoms with Crippen LogP contribution in [0.5, 0.6) is 0 Å². The summed E-state index contributed by atoms with van der Waals surface area (Å²) < 4.78 is 5.10. The number of anilines is 2. The molecule has 0 saturated carbocycles. The molecule has 108 valence electrons. The molecule has 21 heavy (non-hydrogen) atoms. The Morgan fingerprint density at radius 3 is 2.57 bits per heavy atom. The average Bonchev–Trinajstić information content (AvgIpc) is 2.98. The lowest BCUT2D eigenvalue weighted by molar-refractivity contribution is -0.116. The largest absolute Gasteiger partial charge is 0.465 e. The molecule has 0 aliphatic heterocycles. The monoisotopic (exact) mass is 284 g/mol. The molecule has 5 nitrogen and oxygen atoms in total. The Morgan fingerprint density at radius 1 is 1.14 bits per heavy atom. The van der Waals surface area contributed by atoms with Crippen LogP contribution < -0.4 is 10.6 Å². The molecule has 0 unspecified atom stereocenters. The highest BCUT2D eigenvalue weighted by Crippen LogP contribution is 2.15. The first-order chi connectivity index (χ1) is 10.2. The summed E-state index contributed by atoms with van der Waals surface area (Å²) in [5.74, 6) is 0.260. The van der Waals surface area contributed by atoms with Gasteiger partial charge in [-0.05, 0) is 36.4 Å². The predicted molar refractivity (Wildman–Crippen MR) is 81.7 cm³/mol. The maximum Gasteiger partial charge on any atom is 0.248 e. The highest BCUT2D eigenvalue weighted by atomic mass is 16.3. The van der Waals surface area contributed by atoms with Gasteiger partial charge in [-0.25, -0.2) is 0 Å². The van der Waals surface area contributed by atoms with Gasteiger partial charge < -0.3 is 15.1 Å². The van der Waals surface area contributed by atoms with Crippen molar-refractivity contribution in [1.29, 1.82) is 0 Å². The summed E-state index contributed by atoms with van der Waals surface area (Å²) in [4.78, 5) is 23.1. The molecule has 2 rings (SSSR count). The quantitative estimate of drug-likeness (QED) is 0.828. The van der Waals surface area contributed by atoms with Gasteiger partial charge in [0.15, 0.2) is 0 Å². The van der Waals surface area contributed by atoms with E-state index in [0.717, 1.165) is 0 Å². The Kier molecular flexibility index (Phi) is 4.93. The van der Waals surface area contributed by atoms with Crippen molar-refractivity contribution < 1.29 is 14.0 Å². The third-order valence-electron chi connectivity index (χ3n) is 2.68. The zero-order valence-electron chi connectivity index (χ0n) is 11.6. The standard InChI is InChI=1S/C16H16N2O3/c1-2-15(19)17-12-5-3-6-13(11-12)18-16(20)9-8-14-7-4-10-21-14/h3-11H,2H2,1H3,(H,17,19)(H,18,20). The minimum atomic E-state index is -0.273. The van der Waals surface area contributed by atoms with E-state index in [1.807, 2.05) is 0 Å². The van der Waals surface area contributed by atoms with Crippen molar-refractivity contribution in [3.05, 3.63) is 54.5 Å². The van der Waals surface area contributed by atoms with Gasteiger partial charge in [0.2, 0.25) is 11.8 Å². The van der Waals surface area contributed by atoms with Crippen LogP contribution >= 0.6 is 0 Å². The second-order valence-electron chi connectivity index (χ2n) is 4.32. The molecule has 0 fully saturated rings. The molecule has 2 amide bonds. The number of carbonyl (C=O) groups excluding carboxylic acids is 2. The van der Waals surface area contributed by atoms with Crippen molar-refractivity contribution in [3.8, 4) is 0 Å². The van der Waals surface area contributed by atoms with Gasteiger partial charge in [0.25, 0.3) is 0 Å². The van der Waals surface area contributed by atoms with E-state index in [2.05, 4.69) is 10.6 Å². The first-order valence-electron chi connectivity index (χ1n) is 6.60. The molecule has 0 spiro atoms. The van der Waals surface area contributed by atoms with Crippen molar-refractivity contribution in [3.63, 3.8) is 0 Å². The molecule has 1 aromatic heterocycles. The predicted octanol–water partition coefficient (Wildman–Crippen LogP) is 3.28. The fraction of sp³-hybridized carbons (Fsp3) is 0.125. The van der Waals surface area contributed by atoms with E-state index in [1.54, 1.807) is 49.4 Å². The zero-order valence-corrected chi connectivity index (χ0v) is 11.6. The highest BCUT2D eigenvalue weighted by Gasteiger charge is 2.02. The first-order valence-corrected chi connectivity index (χ1v) is 6.60. The SMILES string of the molecule is CCC(=O)Nc1cccc(NC(=O)C=Cc2ccco2)c1. The first kappa shape index (κ1) is 14.6. The van der Waals surface area contributed by atoms with Crippen LogP contribution in [0.1, 0.15) is 19.1 Å². The summed E-state index contributed by atoms with van der Waals surface area (Å²) in [7, 11) is 0. The number of benzene rings is 1. The Labute approximate surface area is 122 Å². The Balaban J connectivity index is 1.97. The minimum Gasteiger partial charge on any atom is -0.465 e. The van der Waals surface area contributed by atoms with Crippen LogP contribution in [-0.4, -0.2) is 11.8 Å².